The van der Waals surface area contributed by atoms with Gasteiger partial charge in [-0.1, -0.05) is 0 Å². The number of alkyl halides is 1. The van der Waals surface area contributed by atoms with Crippen LogP contribution < -0.4 is 5.32 Å². The topological polar surface area (TPSA) is 104 Å². The van der Waals surface area contributed by atoms with Crippen LogP contribution in [0.3, 0.4) is 0 Å². The third-order valence-electron chi connectivity index (χ3n) is 1.40. The Morgan fingerprint density at radius 3 is 2.21 bits per heavy atom. The molecule has 0 aliphatic rings. The second kappa shape index (κ2) is 5.90. The SMILES string of the molecule is O=C(O)CCC(NC(=O)CF)C(=O)O. The number of rotatable bonds is 6. The van der Waals surface area contributed by atoms with E-state index in [4.69, 9.17) is 10.2 Å². The van der Waals surface area contributed by atoms with Crippen LogP contribution in [-0.2, 0) is 14.4 Å². The Hall–Kier alpha value is -1.66. The van der Waals surface area contributed by atoms with E-state index >= 15 is 0 Å². The van der Waals surface area contributed by atoms with E-state index in [1.807, 2.05) is 5.32 Å². The van der Waals surface area contributed by atoms with Crippen LogP contribution in [0.15, 0.2) is 0 Å². The van der Waals surface area contributed by atoms with Crippen molar-refractivity contribution in [3.8, 4) is 0 Å². The van der Waals surface area contributed by atoms with E-state index in [2.05, 4.69) is 0 Å². The van der Waals surface area contributed by atoms with Crippen molar-refractivity contribution < 1.29 is 29.0 Å². The number of aliphatic carboxylic acids is 2. The first-order valence-corrected chi connectivity index (χ1v) is 3.77. The van der Waals surface area contributed by atoms with E-state index in [1.165, 1.54) is 0 Å². The monoisotopic (exact) mass is 207 g/mol. The van der Waals surface area contributed by atoms with E-state index < -0.39 is 37.0 Å². The first kappa shape index (κ1) is 12.3. The minimum atomic E-state index is -1.38. The van der Waals surface area contributed by atoms with Crippen molar-refractivity contribution in [3.63, 3.8) is 0 Å². The lowest BCUT2D eigenvalue weighted by Gasteiger charge is -2.11. The molecule has 3 N–H and O–H groups in total. The molecule has 1 unspecified atom stereocenters. The van der Waals surface area contributed by atoms with Gasteiger partial charge in [-0.05, 0) is 6.42 Å². The van der Waals surface area contributed by atoms with E-state index in [-0.39, 0.29) is 6.42 Å². The van der Waals surface area contributed by atoms with Crippen molar-refractivity contribution in [2.24, 2.45) is 0 Å². The average Bonchev–Trinajstić information content (AvgIpc) is 2.10. The molecule has 7 heteroatoms. The number of hydrogen-bond acceptors (Lipinski definition) is 3. The zero-order chi connectivity index (χ0) is 11.1. The predicted octanol–water partition coefficient (Wildman–Crippen LogP) is -0.610. The second-order valence-corrected chi connectivity index (χ2v) is 2.52. The number of halogens is 1. The molecule has 80 valence electrons. The van der Waals surface area contributed by atoms with Crippen LogP contribution in [0, 0.1) is 0 Å². The highest BCUT2D eigenvalue weighted by molar-refractivity contribution is 5.84. The molecule has 0 aromatic carbocycles. The number of carbonyl (C=O) groups is 3. The minimum Gasteiger partial charge on any atom is -0.481 e. The minimum absolute atomic E-state index is 0.267. The van der Waals surface area contributed by atoms with Gasteiger partial charge in [-0.25, -0.2) is 9.18 Å². The van der Waals surface area contributed by atoms with E-state index in [9.17, 15) is 18.8 Å². The van der Waals surface area contributed by atoms with Gasteiger partial charge >= 0.3 is 11.9 Å². The fourth-order valence-electron chi connectivity index (χ4n) is 0.758. The Morgan fingerprint density at radius 2 is 1.86 bits per heavy atom. The van der Waals surface area contributed by atoms with Gasteiger partial charge in [0.25, 0.3) is 5.91 Å². The van der Waals surface area contributed by atoms with Crippen LogP contribution in [0.4, 0.5) is 4.39 Å². The fraction of sp³-hybridized carbons (Fsp3) is 0.571. The molecular weight excluding hydrogens is 197 g/mol. The van der Waals surface area contributed by atoms with Crippen LogP contribution in [0.2, 0.25) is 0 Å². The van der Waals surface area contributed by atoms with Crippen molar-refractivity contribution in [2.45, 2.75) is 18.9 Å². The molecule has 0 aliphatic heterocycles. The van der Waals surface area contributed by atoms with Crippen molar-refractivity contribution in [1.82, 2.24) is 5.32 Å². The summed E-state index contributed by atoms with van der Waals surface area (Å²) >= 11 is 0. The molecule has 0 aromatic heterocycles. The summed E-state index contributed by atoms with van der Waals surface area (Å²) in [7, 11) is 0. The summed E-state index contributed by atoms with van der Waals surface area (Å²) in [4.78, 5) is 31.0. The molecule has 0 saturated heterocycles. The van der Waals surface area contributed by atoms with Gasteiger partial charge in [0.1, 0.15) is 6.04 Å². The van der Waals surface area contributed by atoms with Gasteiger partial charge in [0.15, 0.2) is 6.67 Å². The molecule has 1 amide bonds. The van der Waals surface area contributed by atoms with Gasteiger partial charge in [-0.15, -0.1) is 0 Å². The summed E-state index contributed by atoms with van der Waals surface area (Å²) in [5.41, 5.74) is 0. The highest BCUT2D eigenvalue weighted by Gasteiger charge is 2.20. The highest BCUT2D eigenvalue weighted by atomic mass is 19.1. The van der Waals surface area contributed by atoms with Gasteiger partial charge in [0, 0.05) is 6.42 Å². The van der Waals surface area contributed by atoms with Gasteiger partial charge < -0.3 is 15.5 Å². The first-order chi connectivity index (χ1) is 6.47. The smallest absolute Gasteiger partial charge is 0.326 e. The standard InChI is InChI=1S/C7H10FNO5/c8-3-5(10)9-4(7(13)14)1-2-6(11)12/h4H,1-3H2,(H,9,10)(H,11,12)(H,13,14). The maximum atomic E-state index is 11.7. The summed E-state index contributed by atoms with van der Waals surface area (Å²) in [6, 6.07) is -1.35. The Kier molecular flexibility index (Phi) is 5.20. The van der Waals surface area contributed by atoms with Crippen LogP contribution in [0.1, 0.15) is 12.8 Å². The van der Waals surface area contributed by atoms with Crippen molar-refractivity contribution in [3.05, 3.63) is 0 Å². The molecule has 6 nitrogen and oxygen atoms in total. The molecule has 0 heterocycles. The molecule has 0 aromatic rings. The van der Waals surface area contributed by atoms with Crippen molar-refractivity contribution in [2.75, 3.05) is 6.67 Å². The van der Waals surface area contributed by atoms with Gasteiger partial charge in [-0.2, -0.15) is 0 Å². The lowest BCUT2D eigenvalue weighted by molar-refractivity contribution is -0.143. The molecule has 0 saturated carbocycles. The van der Waals surface area contributed by atoms with E-state index in [0.717, 1.165) is 0 Å². The molecule has 0 bridgehead atoms. The maximum absolute atomic E-state index is 11.7. The van der Waals surface area contributed by atoms with E-state index in [0.29, 0.717) is 0 Å². The number of nitrogens with one attached hydrogen (secondary N) is 1. The lowest BCUT2D eigenvalue weighted by Crippen LogP contribution is -2.41. The molecular formula is C7H10FNO5. The predicted molar refractivity (Wildman–Crippen MR) is 42.4 cm³/mol. The molecule has 14 heavy (non-hydrogen) atoms. The van der Waals surface area contributed by atoms with E-state index in [1.54, 1.807) is 0 Å². The molecule has 0 aliphatic carbocycles. The quantitative estimate of drug-likeness (QED) is 0.539. The second-order valence-electron chi connectivity index (χ2n) is 2.52. The summed E-state index contributed by atoms with van der Waals surface area (Å²) in [5.74, 6) is -3.62. The fourth-order valence-corrected chi connectivity index (χ4v) is 0.758. The van der Waals surface area contributed by atoms with Crippen LogP contribution in [0.25, 0.3) is 0 Å². The van der Waals surface area contributed by atoms with Gasteiger partial charge in [0.05, 0.1) is 0 Å². The summed E-state index contributed by atoms with van der Waals surface area (Å²) in [5, 5.41) is 18.6. The Morgan fingerprint density at radius 1 is 1.29 bits per heavy atom. The molecule has 1 atom stereocenters. The van der Waals surface area contributed by atoms with Gasteiger partial charge in [-0.3, -0.25) is 9.59 Å². The summed E-state index contributed by atoms with van der Waals surface area (Å²) in [6.45, 7) is -1.32. The normalized spacial score (nSPS) is 11.8. The first-order valence-electron chi connectivity index (χ1n) is 3.77. The van der Waals surface area contributed by atoms with Crippen molar-refractivity contribution >= 4 is 17.8 Å². The number of carboxylic acid groups (broad SMARTS) is 2. The van der Waals surface area contributed by atoms with Gasteiger partial charge in [0.2, 0.25) is 0 Å². The van der Waals surface area contributed by atoms with Crippen molar-refractivity contribution in [1.29, 1.82) is 0 Å². The Labute approximate surface area is 78.7 Å². The van der Waals surface area contributed by atoms with Crippen LogP contribution >= 0.6 is 0 Å². The highest BCUT2D eigenvalue weighted by Crippen LogP contribution is 1.97. The summed E-state index contributed by atoms with van der Waals surface area (Å²) < 4.78 is 11.7. The number of amides is 1. The third-order valence-corrected chi connectivity index (χ3v) is 1.40. The molecule has 0 spiro atoms. The average molecular weight is 207 g/mol. The molecule has 0 radical (unpaired) electrons. The third kappa shape index (κ3) is 5.07. The molecule has 0 rings (SSSR count). The van der Waals surface area contributed by atoms with Crippen LogP contribution in [-0.4, -0.2) is 40.8 Å². The zero-order valence-electron chi connectivity index (χ0n) is 7.20. The summed E-state index contributed by atoms with van der Waals surface area (Å²) in [6.07, 6.45) is -0.667. The molecule has 0 fully saturated rings. The Bertz CT molecular complexity index is 242. The Balaban J connectivity index is 4.09. The number of hydrogen-bond donors (Lipinski definition) is 3. The number of carboxylic acids is 2. The largest absolute Gasteiger partial charge is 0.481 e. The van der Waals surface area contributed by atoms with Crippen LogP contribution in [0.5, 0.6) is 0 Å². The number of carbonyl (C=O) groups excluding carboxylic acids is 1. The lowest BCUT2D eigenvalue weighted by atomic mass is 10.1. The zero-order valence-corrected chi connectivity index (χ0v) is 7.20. The maximum Gasteiger partial charge on any atom is 0.326 e.